The summed E-state index contributed by atoms with van der Waals surface area (Å²) in [5.41, 5.74) is 1.90. The van der Waals surface area contributed by atoms with Crippen molar-refractivity contribution >= 4 is 5.91 Å². The minimum Gasteiger partial charge on any atom is -0.393 e. The van der Waals surface area contributed by atoms with E-state index >= 15 is 0 Å². The van der Waals surface area contributed by atoms with Crippen molar-refractivity contribution in [1.29, 1.82) is 0 Å². The highest BCUT2D eigenvalue weighted by Crippen LogP contribution is 2.70. The van der Waals surface area contributed by atoms with Gasteiger partial charge in [0.1, 0.15) is 11.6 Å². The van der Waals surface area contributed by atoms with Gasteiger partial charge in [0.25, 0.3) is 0 Å². The summed E-state index contributed by atoms with van der Waals surface area (Å²) >= 11 is 0. The van der Waals surface area contributed by atoms with Gasteiger partial charge in [-0.25, -0.2) is 8.78 Å². The first kappa shape index (κ1) is 23.0. The van der Waals surface area contributed by atoms with E-state index in [-0.39, 0.29) is 45.9 Å². The minimum absolute atomic E-state index is 0.0782. The maximum absolute atomic E-state index is 14.5. The third kappa shape index (κ3) is 3.30. The molecule has 1 aromatic carbocycles. The smallest absolute Gasteiger partial charge is 0.222 e. The highest BCUT2D eigenvalue weighted by molar-refractivity contribution is 5.76. The Morgan fingerprint density at radius 1 is 1.17 bits per heavy atom. The number of nitrogens with zero attached hydrogens (tertiary/aromatic N) is 3. The average molecular weight is 482 g/mol. The second kappa shape index (κ2) is 8.05. The summed E-state index contributed by atoms with van der Waals surface area (Å²) in [5.74, 6) is -0.222. The van der Waals surface area contributed by atoms with Crippen LogP contribution in [0.25, 0.3) is 11.3 Å². The molecule has 2 saturated carbocycles. The summed E-state index contributed by atoms with van der Waals surface area (Å²) in [7, 11) is 0. The number of benzene rings is 1. The number of amides is 1. The van der Waals surface area contributed by atoms with Gasteiger partial charge in [-0.2, -0.15) is 10.2 Å². The number of aromatic nitrogens is 2. The molecule has 1 N–H and O–H groups in total. The van der Waals surface area contributed by atoms with E-state index in [0.29, 0.717) is 12.3 Å². The molecule has 0 radical (unpaired) electrons. The lowest BCUT2D eigenvalue weighted by molar-refractivity contribution is -0.136. The lowest BCUT2D eigenvalue weighted by Gasteiger charge is -2.48. The number of halogens is 2. The number of piperidine rings is 1. The first-order chi connectivity index (χ1) is 16.7. The van der Waals surface area contributed by atoms with Gasteiger partial charge in [0.05, 0.1) is 23.1 Å². The van der Waals surface area contributed by atoms with Crippen LogP contribution in [-0.4, -0.2) is 45.3 Å². The Bertz CT molecular complexity index is 1160. The zero-order valence-corrected chi connectivity index (χ0v) is 20.4. The van der Waals surface area contributed by atoms with Gasteiger partial charge >= 0.3 is 0 Å². The fourth-order valence-corrected chi connectivity index (χ4v) is 7.99. The summed E-state index contributed by atoms with van der Waals surface area (Å²) < 4.78 is 29.0. The highest BCUT2D eigenvalue weighted by Gasteiger charge is 2.66. The van der Waals surface area contributed by atoms with Crippen LogP contribution in [0.3, 0.4) is 0 Å². The molecule has 6 rings (SSSR count). The van der Waals surface area contributed by atoms with Crippen molar-refractivity contribution < 1.29 is 18.7 Å². The Balaban J connectivity index is 1.32. The van der Waals surface area contributed by atoms with E-state index in [2.05, 4.69) is 24.0 Å². The molecule has 0 unspecified atom stereocenters. The van der Waals surface area contributed by atoms with Gasteiger partial charge in [0.15, 0.2) is 0 Å². The Morgan fingerprint density at radius 2 is 1.91 bits per heavy atom. The number of aliphatic hydroxyl groups excluding tert-OH is 1. The summed E-state index contributed by atoms with van der Waals surface area (Å²) in [6.07, 6.45) is 5.76. The number of rotatable bonds is 4. The molecule has 3 fully saturated rings. The van der Waals surface area contributed by atoms with E-state index in [1.165, 1.54) is 18.2 Å². The van der Waals surface area contributed by atoms with Gasteiger partial charge in [0, 0.05) is 24.9 Å². The first-order valence-electron chi connectivity index (χ1n) is 13.0. The van der Waals surface area contributed by atoms with Gasteiger partial charge in [-0.05, 0) is 85.5 Å². The van der Waals surface area contributed by atoms with Gasteiger partial charge in [-0.1, -0.05) is 19.9 Å². The lowest BCUT2D eigenvalue weighted by atomic mass is 9.59. The quantitative estimate of drug-likeness (QED) is 0.669. The molecule has 1 aromatic heterocycles. The van der Waals surface area contributed by atoms with E-state index in [1.807, 2.05) is 11.0 Å². The molecule has 1 amide bonds. The van der Waals surface area contributed by atoms with E-state index in [4.69, 9.17) is 0 Å². The van der Waals surface area contributed by atoms with Crippen molar-refractivity contribution in [1.82, 2.24) is 15.1 Å². The summed E-state index contributed by atoms with van der Waals surface area (Å²) in [6, 6.07) is 5.73. The molecule has 1 saturated heterocycles. The van der Waals surface area contributed by atoms with Crippen LogP contribution in [0, 0.1) is 28.9 Å². The van der Waals surface area contributed by atoms with Crippen LogP contribution < -0.4 is 0 Å². The predicted molar refractivity (Wildman–Crippen MR) is 127 cm³/mol. The third-order valence-corrected chi connectivity index (χ3v) is 9.83. The minimum atomic E-state index is -0.628. The SMILES string of the molecule is CC1(C)[C@H]2CC[C@]1([C@H]1CCCN(C(=O)CC3CC(O)C3)C1)c1nnc(-c3c(F)cccc3F)cc12. The standard InChI is InChI=1S/C28H33F2N3O2/c1-27(2)20-8-9-28(27,17-5-4-10-33(15-17)24(35)13-16-11-18(34)12-16)26-19(20)14-23(31-32-26)25-21(29)6-3-7-22(25)30/h3,6-7,14,16-18,20,34H,4-5,8-13,15H2,1-2H3/t16?,17-,18?,20-,28-/m0/s1. The molecule has 35 heavy (non-hydrogen) atoms. The molecule has 4 aliphatic rings. The van der Waals surface area contributed by atoms with E-state index in [9.17, 15) is 18.7 Å². The van der Waals surface area contributed by atoms with Gasteiger partial charge < -0.3 is 10.0 Å². The van der Waals surface area contributed by atoms with Crippen LogP contribution >= 0.6 is 0 Å². The second-order valence-electron chi connectivity index (χ2n) is 11.8. The molecular formula is C28H33F2N3O2. The van der Waals surface area contributed by atoms with Crippen LogP contribution in [0.15, 0.2) is 24.3 Å². The van der Waals surface area contributed by atoms with Crippen molar-refractivity contribution in [3.8, 4) is 11.3 Å². The van der Waals surface area contributed by atoms with Crippen LogP contribution in [0.2, 0.25) is 0 Å². The van der Waals surface area contributed by atoms with Crippen molar-refractivity contribution in [2.45, 2.75) is 76.2 Å². The average Bonchev–Trinajstić information content (AvgIpc) is 3.19. The van der Waals surface area contributed by atoms with Crippen molar-refractivity contribution in [3.05, 3.63) is 47.2 Å². The Hall–Kier alpha value is -2.41. The Kier molecular flexibility index (Phi) is 5.30. The molecule has 0 spiro atoms. The summed E-state index contributed by atoms with van der Waals surface area (Å²) in [5, 5.41) is 18.6. The van der Waals surface area contributed by atoms with Crippen molar-refractivity contribution in [2.24, 2.45) is 17.3 Å². The van der Waals surface area contributed by atoms with E-state index in [0.717, 1.165) is 62.9 Å². The predicted octanol–water partition coefficient (Wildman–Crippen LogP) is 4.98. The fourth-order valence-electron chi connectivity index (χ4n) is 7.99. The molecule has 2 heterocycles. The normalized spacial score (nSPS) is 32.9. The first-order valence-corrected chi connectivity index (χ1v) is 13.0. The summed E-state index contributed by atoms with van der Waals surface area (Å²) in [4.78, 5) is 15.1. The highest BCUT2D eigenvalue weighted by atomic mass is 19.1. The molecule has 3 atom stereocenters. The van der Waals surface area contributed by atoms with Crippen LogP contribution in [0.1, 0.15) is 76.0 Å². The number of fused-ring (bicyclic) bond motifs is 5. The topological polar surface area (TPSA) is 66.3 Å². The molecule has 186 valence electrons. The number of hydrogen-bond donors (Lipinski definition) is 1. The fraction of sp³-hybridized carbons (Fsp3) is 0.607. The number of carbonyl (C=O) groups excluding carboxylic acids is 1. The number of carbonyl (C=O) groups is 1. The Morgan fingerprint density at radius 3 is 2.63 bits per heavy atom. The van der Waals surface area contributed by atoms with Crippen molar-refractivity contribution in [2.75, 3.05) is 13.1 Å². The zero-order chi connectivity index (χ0) is 24.5. The van der Waals surface area contributed by atoms with E-state index < -0.39 is 11.6 Å². The molecule has 1 aliphatic heterocycles. The van der Waals surface area contributed by atoms with Gasteiger partial charge in [0.2, 0.25) is 5.91 Å². The van der Waals surface area contributed by atoms with Crippen LogP contribution in [0.5, 0.6) is 0 Å². The van der Waals surface area contributed by atoms with Gasteiger partial charge in [-0.3, -0.25) is 4.79 Å². The molecule has 2 aromatic rings. The summed E-state index contributed by atoms with van der Waals surface area (Å²) in [6.45, 7) is 6.10. The number of hydrogen-bond acceptors (Lipinski definition) is 4. The third-order valence-electron chi connectivity index (χ3n) is 9.83. The van der Waals surface area contributed by atoms with Gasteiger partial charge in [-0.15, -0.1) is 0 Å². The second-order valence-corrected chi connectivity index (χ2v) is 11.8. The largest absolute Gasteiger partial charge is 0.393 e. The van der Waals surface area contributed by atoms with Crippen LogP contribution in [0.4, 0.5) is 8.78 Å². The Labute approximate surface area is 204 Å². The molecule has 7 heteroatoms. The van der Waals surface area contributed by atoms with Crippen molar-refractivity contribution in [3.63, 3.8) is 0 Å². The number of likely N-dealkylation sites (tertiary alicyclic amines) is 1. The van der Waals surface area contributed by atoms with E-state index in [1.54, 1.807) is 0 Å². The maximum atomic E-state index is 14.5. The molecular weight excluding hydrogens is 448 g/mol. The monoisotopic (exact) mass is 481 g/mol. The molecule has 2 bridgehead atoms. The number of aliphatic hydroxyl groups is 1. The lowest BCUT2D eigenvalue weighted by Crippen LogP contribution is -2.51. The van der Waals surface area contributed by atoms with Crippen LogP contribution in [-0.2, 0) is 10.2 Å². The molecule has 5 nitrogen and oxygen atoms in total. The maximum Gasteiger partial charge on any atom is 0.222 e. The molecule has 3 aliphatic carbocycles. The zero-order valence-electron chi connectivity index (χ0n) is 20.4.